The standard InChI is InChI=1S/C60H59NO/c1-11-15-18-29-45(7)60(46(8)30-19-16-12-2,56-36-23-20-27-44(56)6)51-32-24-33-52(42-51)61(57-41-50-31-21-22-35-53(50)47(9)54(57)34-17-13-3)39-25-28-43(5)49-37-38-59-55(40-49)48(10)58(62-59)26-14-4/h11-38,40-42H,1-3,5,39H2,4,6-10H3/b18-15-,19-16-,26-14-,28-25-,34-17-,45-29+,46-30+. The van der Waals surface area contributed by atoms with Crippen LogP contribution < -0.4 is 4.90 Å². The van der Waals surface area contributed by atoms with E-state index >= 15 is 0 Å². The van der Waals surface area contributed by atoms with E-state index in [1.165, 1.54) is 38.6 Å². The van der Waals surface area contributed by atoms with Gasteiger partial charge >= 0.3 is 0 Å². The van der Waals surface area contributed by atoms with Crippen LogP contribution in [0.5, 0.6) is 0 Å². The van der Waals surface area contributed by atoms with Gasteiger partial charge in [0.1, 0.15) is 11.3 Å². The van der Waals surface area contributed by atoms with Crippen molar-refractivity contribution in [1.29, 1.82) is 0 Å². The Kier molecular flexibility index (Phi) is 14.6. The molecule has 0 fully saturated rings. The van der Waals surface area contributed by atoms with Crippen molar-refractivity contribution in [3.63, 3.8) is 0 Å². The van der Waals surface area contributed by atoms with Crippen LogP contribution in [0.1, 0.15) is 65.5 Å². The van der Waals surface area contributed by atoms with E-state index in [0.717, 1.165) is 55.9 Å². The van der Waals surface area contributed by atoms with Crippen molar-refractivity contribution in [3.8, 4) is 0 Å². The predicted octanol–water partition coefficient (Wildman–Crippen LogP) is 16.8. The molecule has 6 aromatic rings. The van der Waals surface area contributed by atoms with Crippen LogP contribution in [0.25, 0.3) is 39.5 Å². The lowest BCUT2D eigenvalue weighted by molar-refractivity contribution is 0.601. The minimum atomic E-state index is -0.615. The maximum atomic E-state index is 6.14. The van der Waals surface area contributed by atoms with Crippen LogP contribution in [0.15, 0.2) is 218 Å². The molecule has 6 rings (SSSR count). The third-order valence-corrected chi connectivity index (χ3v) is 11.8. The average Bonchev–Trinajstić information content (AvgIpc) is 3.59. The van der Waals surface area contributed by atoms with Gasteiger partial charge in [-0.15, -0.1) is 0 Å². The molecule has 0 aliphatic rings. The second-order valence-corrected chi connectivity index (χ2v) is 15.6. The number of hydrogen-bond acceptors (Lipinski definition) is 2. The quantitative estimate of drug-likeness (QED) is 0.0854. The highest BCUT2D eigenvalue weighted by Crippen LogP contribution is 2.48. The summed E-state index contributed by atoms with van der Waals surface area (Å²) >= 11 is 0. The van der Waals surface area contributed by atoms with Crippen LogP contribution in [-0.4, -0.2) is 6.54 Å². The van der Waals surface area contributed by atoms with Crippen molar-refractivity contribution < 1.29 is 4.42 Å². The van der Waals surface area contributed by atoms with E-state index in [-0.39, 0.29) is 0 Å². The van der Waals surface area contributed by atoms with Gasteiger partial charge in [0, 0.05) is 34.4 Å². The molecule has 62 heavy (non-hydrogen) atoms. The number of benzene rings is 5. The molecule has 0 unspecified atom stereocenters. The van der Waals surface area contributed by atoms with Gasteiger partial charge in [-0.25, -0.2) is 0 Å². The normalized spacial score (nSPS) is 13.6. The number of rotatable bonds is 17. The van der Waals surface area contributed by atoms with E-state index in [1.54, 1.807) is 0 Å². The Balaban J connectivity index is 1.59. The van der Waals surface area contributed by atoms with E-state index in [1.807, 2.05) is 61.6 Å². The molecule has 0 saturated carbocycles. The topological polar surface area (TPSA) is 16.4 Å². The summed E-state index contributed by atoms with van der Waals surface area (Å²) < 4.78 is 6.14. The Bertz CT molecular complexity index is 2820. The molecule has 2 nitrogen and oxygen atoms in total. The van der Waals surface area contributed by atoms with Gasteiger partial charge in [-0.05, 0) is 122 Å². The number of allylic oxidation sites excluding steroid dienone is 15. The lowest BCUT2D eigenvalue weighted by atomic mass is 9.63. The van der Waals surface area contributed by atoms with E-state index < -0.39 is 5.41 Å². The second-order valence-electron chi connectivity index (χ2n) is 15.6. The Morgan fingerprint density at radius 1 is 0.694 bits per heavy atom. The average molecular weight is 810 g/mol. The van der Waals surface area contributed by atoms with Crippen molar-refractivity contribution in [3.05, 3.63) is 258 Å². The van der Waals surface area contributed by atoms with E-state index in [0.29, 0.717) is 6.54 Å². The molecule has 0 amide bonds. The van der Waals surface area contributed by atoms with Crippen LogP contribution in [0, 0.1) is 20.8 Å². The van der Waals surface area contributed by atoms with Crippen molar-refractivity contribution >= 4 is 50.8 Å². The molecule has 2 heteroatoms. The summed E-state index contributed by atoms with van der Waals surface area (Å²) in [4.78, 5) is 2.43. The highest BCUT2D eigenvalue weighted by molar-refractivity contribution is 5.95. The molecule has 310 valence electrons. The van der Waals surface area contributed by atoms with Gasteiger partial charge in [0.15, 0.2) is 0 Å². The molecule has 5 aromatic carbocycles. The van der Waals surface area contributed by atoms with Gasteiger partial charge in [0.2, 0.25) is 0 Å². The van der Waals surface area contributed by atoms with Gasteiger partial charge in [0.25, 0.3) is 0 Å². The van der Waals surface area contributed by atoms with Crippen molar-refractivity contribution in [2.24, 2.45) is 0 Å². The Morgan fingerprint density at radius 2 is 1.39 bits per heavy atom. The maximum Gasteiger partial charge on any atom is 0.135 e. The number of aryl methyl sites for hydroxylation is 3. The fourth-order valence-electron chi connectivity index (χ4n) is 8.67. The van der Waals surface area contributed by atoms with E-state index in [9.17, 15) is 0 Å². The zero-order valence-electron chi connectivity index (χ0n) is 37.3. The molecule has 0 N–H and O–H groups in total. The highest BCUT2D eigenvalue weighted by Gasteiger charge is 2.39. The third kappa shape index (κ3) is 9.11. The van der Waals surface area contributed by atoms with Crippen LogP contribution in [0.2, 0.25) is 0 Å². The first-order valence-electron chi connectivity index (χ1n) is 21.3. The highest BCUT2D eigenvalue weighted by atomic mass is 16.3. The Labute approximate surface area is 370 Å². The SMILES string of the molecule is C=C/C=C\C=C(/C)C(/C(C)=C/C=C\C=C)(c1cccc(N(C/C=C\C(=C)c2ccc3oc(/C=C\C)c(C)c3c2)c2cc3ccccc3c(C)c2/C=C\C=C)c1)c1ccccc1C. The molecule has 0 aliphatic heterocycles. The molecule has 1 aromatic heterocycles. The summed E-state index contributed by atoms with van der Waals surface area (Å²) in [6.07, 6.45) is 30.6. The minimum absolute atomic E-state index is 0.582. The zero-order chi connectivity index (χ0) is 44.2. The number of furan rings is 1. The molecule has 0 saturated heterocycles. The molecule has 0 atom stereocenters. The van der Waals surface area contributed by atoms with Crippen molar-refractivity contribution in [2.45, 2.75) is 47.0 Å². The summed E-state index contributed by atoms with van der Waals surface area (Å²) in [7, 11) is 0. The number of fused-ring (bicyclic) bond motifs is 2. The Hall–Kier alpha value is -7.16. The summed E-state index contributed by atoms with van der Waals surface area (Å²) in [5.74, 6) is 0.884. The molecular formula is C60H59NO. The van der Waals surface area contributed by atoms with Crippen molar-refractivity contribution in [1.82, 2.24) is 0 Å². The Morgan fingerprint density at radius 3 is 2.08 bits per heavy atom. The minimum Gasteiger partial charge on any atom is -0.456 e. The van der Waals surface area contributed by atoms with Crippen LogP contribution in [0.4, 0.5) is 11.4 Å². The van der Waals surface area contributed by atoms with Gasteiger partial charge in [-0.2, -0.15) is 0 Å². The molecule has 0 aliphatic carbocycles. The molecular weight excluding hydrogens is 751 g/mol. The molecule has 0 spiro atoms. The third-order valence-electron chi connectivity index (χ3n) is 11.8. The summed E-state index contributed by atoms with van der Waals surface area (Å²) in [5, 5.41) is 3.50. The molecule has 1 heterocycles. The smallest absolute Gasteiger partial charge is 0.135 e. The van der Waals surface area contributed by atoms with Gasteiger partial charge in [0.05, 0.1) is 5.41 Å². The summed E-state index contributed by atoms with van der Waals surface area (Å²) in [6.45, 7) is 30.1. The fraction of sp³-hybridized carbons (Fsp3) is 0.133. The van der Waals surface area contributed by atoms with E-state index in [2.05, 4.69) is 199 Å². The molecule has 0 bridgehead atoms. The van der Waals surface area contributed by atoms with Crippen LogP contribution in [-0.2, 0) is 5.41 Å². The van der Waals surface area contributed by atoms with Gasteiger partial charge < -0.3 is 9.32 Å². The number of hydrogen-bond donors (Lipinski definition) is 0. The first kappa shape index (κ1) is 44.4. The zero-order valence-corrected chi connectivity index (χ0v) is 37.3. The van der Waals surface area contributed by atoms with Gasteiger partial charge in [-0.1, -0.05) is 189 Å². The first-order valence-corrected chi connectivity index (χ1v) is 21.3. The van der Waals surface area contributed by atoms with E-state index in [4.69, 9.17) is 4.42 Å². The van der Waals surface area contributed by atoms with Gasteiger partial charge in [-0.3, -0.25) is 0 Å². The lowest BCUT2D eigenvalue weighted by Crippen LogP contribution is -2.32. The van der Waals surface area contributed by atoms with Crippen LogP contribution >= 0.6 is 0 Å². The second kappa shape index (κ2) is 20.4. The summed E-state index contributed by atoms with van der Waals surface area (Å²) in [5.41, 5.74) is 13.8. The number of nitrogens with zero attached hydrogens (tertiary/aromatic N) is 1. The fourth-order valence-corrected chi connectivity index (χ4v) is 8.67. The maximum absolute atomic E-state index is 6.14. The lowest BCUT2D eigenvalue weighted by Gasteiger charge is -2.39. The molecule has 0 radical (unpaired) electrons. The van der Waals surface area contributed by atoms with Crippen LogP contribution in [0.3, 0.4) is 0 Å². The number of anilines is 2. The van der Waals surface area contributed by atoms with Crippen molar-refractivity contribution in [2.75, 3.05) is 11.4 Å². The monoisotopic (exact) mass is 809 g/mol. The summed E-state index contributed by atoms with van der Waals surface area (Å²) in [6, 6.07) is 35.1. The predicted molar refractivity (Wildman–Crippen MR) is 273 cm³/mol. The largest absolute Gasteiger partial charge is 0.456 e. The first-order chi connectivity index (χ1) is 30.1.